The molecule has 0 saturated heterocycles. The lowest BCUT2D eigenvalue weighted by Crippen LogP contribution is -2.27. The Balaban J connectivity index is 2.29. The zero-order chi connectivity index (χ0) is 20.1. The van der Waals surface area contributed by atoms with E-state index in [4.69, 9.17) is 21.1 Å². The molecule has 0 spiro atoms. The number of pyridine rings is 1. The molecular formula is C22H20ClNO4. The molecule has 3 rings (SSSR count). The second-order valence-corrected chi connectivity index (χ2v) is 6.44. The zero-order valence-electron chi connectivity index (χ0n) is 15.6. The maximum absolute atomic E-state index is 12.7. The van der Waals surface area contributed by atoms with Crippen LogP contribution in [0.4, 0.5) is 0 Å². The highest BCUT2D eigenvalue weighted by Gasteiger charge is 2.35. The molecule has 0 radical (unpaired) electrons. The standard InChI is InChI=1S/C22H20ClNO4/c1-3-27-21(25)19(22(26)28-4-2)20-16(15-10-6-7-11-17(15)23)13-14-9-5-8-12-18(14)24-20/h5-13,19H,3-4H2,1-2H3. The Labute approximate surface area is 168 Å². The van der Waals surface area contributed by atoms with Crippen LogP contribution in [0.5, 0.6) is 0 Å². The molecule has 0 bridgehead atoms. The van der Waals surface area contributed by atoms with Gasteiger partial charge in [-0.2, -0.15) is 0 Å². The summed E-state index contributed by atoms with van der Waals surface area (Å²) in [4.78, 5) is 30.0. The Bertz CT molecular complexity index is 1000. The number of carbonyl (C=O) groups is 2. The molecule has 1 aromatic heterocycles. The normalized spacial score (nSPS) is 10.9. The monoisotopic (exact) mass is 397 g/mol. The quantitative estimate of drug-likeness (QED) is 0.443. The van der Waals surface area contributed by atoms with Crippen LogP contribution in [0.15, 0.2) is 54.6 Å². The van der Waals surface area contributed by atoms with Crippen molar-refractivity contribution >= 4 is 34.4 Å². The Hall–Kier alpha value is -2.92. The van der Waals surface area contributed by atoms with Crippen LogP contribution in [0.1, 0.15) is 25.5 Å². The van der Waals surface area contributed by atoms with Crippen LogP contribution in [0.2, 0.25) is 5.02 Å². The van der Waals surface area contributed by atoms with Crippen LogP contribution in [0.3, 0.4) is 0 Å². The molecule has 2 aromatic carbocycles. The second-order valence-electron chi connectivity index (χ2n) is 6.03. The van der Waals surface area contributed by atoms with E-state index in [2.05, 4.69) is 4.98 Å². The van der Waals surface area contributed by atoms with Gasteiger partial charge in [0.25, 0.3) is 0 Å². The number of para-hydroxylation sites is 1. The minimum atomic E-state index is -1.30. The molecule has 0 saturated carbocycles. The van der Waals surface area contributed by atoms with Crippen molar-refractivity contribution in [2.45, 2.75) is 19.8 Å². The number of carbonyl (C=O) groups excluding carboxylic acids is 2. The third kappa shape index (κ3) is 3.99. The Morgan fingerprint density at radius 1 is 0.929 bits per heavy atom. The first-order chi connectivity index (χ1) is 13.6. The van der Waals surface area contributed by atoms with E-state index in [-0.39, 0.29) is 18.9 Å². The molecule has 0 aliphatic heterocycles. The van der Waals surface area contributed by atoms with Crippen molar-refractivity contribution in [2.24, 2.45) is 0 Å². The van der Waals surface area contributed by atoms with Crippen LogP contribution in [0.25, 0.3) is 22.0 Å². The summed E-state index contributed by atoms with van der Waals surface area (Å²) in [5.74, 6) is -2.69. The van der Waals surface area contributed by atoms with Crippen LogP contribution in [-0.2, 0) is 19.1 Å². The van der Waals surface area contributed by atoms with Crippen molar-refractivity contribution in [1.82, 2.24) is 4.98 Å². The van der Waals surface area contributed by atoms with Crippen molar-refractivity contribution in [2.75, 3.05) is 13.2 Å². The van der Waals surface area contributed by atoms with Gasteiger partial charge in [0.2, 0.25) is 0 Å². The number of fused-ring (bicyclic) bond motifs is 1. The highest BCUT2D eigenvalue weighted by molar-refractivity contribution is 6.33. The summed E-state index contributed by atoms with van der Waals surface area (Å²) < 4.78 is 10.3. The van der Waals surface area contributed by atoms with Gasteiger partial charge in [0.05, 0.1) is 24.4 Å². The van der Waals surface area contributed by atoms with E-state index in [0.717, 1.165) is 5.39 Å². The van der Waals surface area contributed by atoms with E-state index in [1.165, 1.54) is 0 Å². The Morgan fingerprint density at radius 2 is 1.54 bits per heavy atom. The van der Waals surface area contributed by atoms with Crippen LogP contribution >= 0.6 is 11.6 Å². The summed E-state index contributed by atoms with van der Waals surface area (Å²) in [6.07, 6.45) is 0. The molecule has 0 unspecified atom stereocenters. The minimum Gasteiger partial charge on any atom is -0.465 e. The van der Waals surface area contributed by atoms with Gasteiger partial charge in [-0.3, -0.25) is 14.6 Å². The van der Waals surface area contributed by atoms with Crippen molar-refractivity contribution in [3.05, 3.63) is 65.3 Å². The topological polar surface area (TPSA) is 65.5 Å². The first kappa shape index (κ1) is 19.8. The van der Waals surface area contributed by atoms with Gasteiger partial charge in [-0.15, -0.1) is 0 Å². The van der Waals surface area contributed by atoms with Gasteiger partial charge in [0, 0.05) is 21.5 Å². The van der Waals surface area contributed by atoms with E-state index in [0.29, 0.717) is 21.7 Å². The van der Waals surface area contributed by atoms with E-state index >= 15 is 0 Å². The van der Waals surface area contributed by atoms with Gasteiger partial charge in [-0.25, -0.2) is 0 Å². The summed E-state index contributed by atoms with van der Waals surface area (Å²) >= 11 is 6.41. The molecule has 6 heteroatoms. The largest absolute Gasteiger partial charge is 0.465 e. The molecule has 3 aromatic rings. The predicted molar refractivity (Wildman–Crippen MR) is 108 cm³/mol. The lowest BCUT2D eigenvalue weighted by molar-refractivity contribution is -0.157. The molecular weight excluding hydrogens is 378 g/mol. The lowest BCUT2D eigenvalue weighted by Gasteiger charge is -2.18. The molecule has 28 heavy (non-hydrogen) atoms. The van der Waals surface area contributed by atoms with Crippen molar-refractivity contribution in [3.63, 3.8) is 0 Å². The zero-order valence-corrected chi connectivity index (χ0v) is 16.4. The fraction of sp³-hybridized carbons (Fsp3) is 0.227. The maximum atomic E-state index is 12.7. The van der Waals surface area contributed by atoms with Gasteiger partial charge in [0.1, 0.15) is 0 Å². The smallest absolute Gasteiger partial charge is 0.326 e. The van der Waals surface area contributed by atoms with Crippen molar-refractivity contribution < 1.29 is 19.1 Å². The van der Waals surface area contributed by atoms with Gasteiger partial charge in [-0.05, 0) is 32.0 Å². The van der Waals surface area contributed by atoms with Crippen molar-refractivity contribution in [1.29, 1.82) is 0 Å². The molecule has 1 heterocycles. The summed E-state index contributed by atoms with van der Waals surface area (Å²) in [7, 11) is 0. The highest BCUT2D eigenvalue weighted by Crippen LogP contribution is 2.36. The molecule has 0 fully saturated rings. The second kappa shape index (κ2) is 8.85. The number of rotatable bonds is 6. The van der Waals surface area contributed by atoms with E-state index in [1.807, 2.05) is 48.5 Å². The summed E-state index contributed by atoms with van der Waals surface area (Å²) in [6, 6.07) is 16.6. The van der Waals surface area contributed by atoms with Crippen LogP contribution in [0, 0.1) is 0 Å². The minimum absolute atomic E-state index is 0.143. The Morgan fingerprint density at radius 3 is 2.18 bits per heavy atom. The van der Waals surface area contributed by atoms with E-state index in [9.17, 15) is 9.59 Å². The SMILES string of the molecule is CCOC(=O)C(C(=O)OCC)c1nc2ccccc2cc1-c1ccccc1Cl. The number of halogens is 1. The van der Waals surface area contributed by atoms with Gasteiger partial charge >= 0.3 is 11.9 Å². The fourth-order valence-electron chi connectivity index (χ4n) is 3.02. The van der Waals surface area contributed by atoms with Crippen LogP contribution in [-0.4, -0.2) is 30.1 Å². The van der Waals surface area contributed by atoms with E-state index in [1.54, 1.807) is 19.9 Å². The average Bonchev–Trinajstić information content (AvgIpc) is 2.68. The molecule has 0 aliphatic carbocycles. The summed E-state index contributed by atoms with van der Waals surface area (Å²) in [5, 5.41) is 1.36. The first-order valence-corrected chi connectivity index (χ1v) is 9.42. The number of hydrogen-bond donors (Lipinski definition) is 0. The number of benzene rings is 2. The van der Waals surface area contributed by atoms with Gasteiger partial charge in [-0.1, -0.05) is 48.0 Å². The molecule has 0 atom stereocenters. The molecule has 5 nitrogen and oxygen atoms in total. The summed E-state index contributed by atoms with van der Waals surface area (Å²) in [5.41, 5.74) is 2.20. The number of aromatic nitrogens is 1. The molecule has 0 aliphatic rings. The summed E-state index contributed by atoms with van der Waals surface area (Å²) in [6.45, 7) is 3.65. The predicted octanol–water partition coefficient (Wildman–Crippen LogP) is 4.77. The number of hydrogen-bond acceptors (Lipinski definition) is 5. The average molecular weight is 398 g/mol. The van der Waals surface area contributed by atoms with Crippen molar-refractivity contribution in [3.8, 4) is 11.1 Å². The fourth-order valence-corrected chi connectivity index (χ4v) is 3.25. The maximum Gasteiger partial charge on any atom is 0.326 e. The number of ether oxygens (including phenoxy) is 2. The Kier molecular flexibility index (Phi) is 6.26. The molecule has 0 amide bonds. The number of nitrogens with zero attached hydrogens (tertiary/aromatic N) is 1. The molecule has 0 N–H and O–H groups in total. The molecule has 144 valence electrons. The van der Waals surface area contributed by atoms with Gasteiger partial charge < -0.3 is 9.47 Å². The van der Waals surface area contributed by atoms with Gasteiger partial charge in [0.15, 0.2) is 5.92 Å². The first-order valence-electron chi connectivity index (χ1n) is 9.04. The lowest BCUT2D eigenvalue weighted by atomic mass is 9.93. The van der Waals surface area contributed by atoms with Crippen LogP contribution < -0.4 is 0 Å². The number of esters is 2. The van der Waals surface area contributed by atoms with E-state index < -0.39 is 17.9 Å². The third-order valence-electron chi connectivity index (χ3n) is 4.24. The third-order valence-corrected chi connectivity index (χ3v) is 4.57. The highest BCUT2D eigenvalue weighted by atomic mass is 35.5.